The zero-order chi connectivity index (χ0) is 19.8. The van der Waals surface area contributed by atoms with Crippen molar-refractivity contribution in [2.24, 2.45) is 4.99 Å². The summed E-state index contributed by atoms with van der Waals surface area (Å²) in [5, 5.41) is 6.40. The third kappa shape index (κ3) is 6.27. The van der Waals surface area contributed by atoms with Crippen molar-refractivity contribution in [3.63, 3.8) is 0 Å². The largest absolute Gasteiger partial charge is 0.489 e. The van der Waals surface area contributed by atoms with E-state index in [9.17, 15) is 8.42 Å². The molecule has 2 N–H and O–H groups in total. The number of benzene rings is 2. The van der Waals surface area contributed by atoms with Crippen LogP contribution in [0.25, 0.3) is 0 Å². The molecule has 0 aromatic heterocycles. The van der Waals surface area contributed by atoms with E-state index in [4.69, 9.17) is 4.74 Å². The highest BCUT2D eigenvalue weighted by Crippen LogP contribution is 2.15. The molecule has 2 aromatic rings. The molecule has 7 heteroatoms. The summed E-state index contributed by atoms with van der Waals surface area (Å²) >= 11 is 0. The van der Waals surface area contributed by atoms with Gasteiger partial charge in [0.25, 0.3) is 0 Å². The minimum absolute atomic E-state index is 0.0726. The third-order valence-corrected chi connectivity index (χ3v) is 6.28. The second-order valence-electron chi connectivity index (χ2n) is 6.86. The maximum atomic E-state index is 11.6. The van der Waals surface area contributed by atoms with Crippen molar-refractivity contribution in [3.8, 4) is 5.75 Å². The molecular formula is C21H27N3O3S. The summed E-state index contributed by atoms with van der Waals surface area (Å²) in [5.41, 5.74) is 2.19. The van der Waals surface area contributed by atoms with Crippen molar-refractivity contribution in [2.45, 2.75) is 32.5 Å². The van der Waals surface area contributed by atoms with Crippen molar-refractivity contribution >= 4 is 15.8 Å². The molecule has 2 aromatic carbocycles. The average Bonchev–Trinajstić information content (AvgIpc) is 3.04. The maximum Gasteiger partial charge on any atom is 0.191 e. The third-order valence-electron chi connectivity index (χ3n) is 4.51. The first kappa shape index (κ1) is 20.2. The maximum absolute atomic E-state index is 11.6. The average molecular weight is 402 g/mol. The van der Waals surface area contributed by atoms with E-state index in [0.29, 0.717) is 25.5 Å². The molecule has 1 atom stereocenters. The van der Waals surface area contributed by atoms with Gasteiger partial charge in [0.1, 0.15) is 12.4 Å². The zero-order valence-corrected chi connectivity index (χ0v) is 16.9. The minimum atomic E-state index is -2.91. The van der Waals surface area contributed by atoms with Crippen molar-refractivity contribution in [2.75, 3.05) is 18.1 Å². The number of hydrogen-bond acceptors (Lipinski definition) is 4. The first-order valence-electron chi connectivity index (χ1n) is 9.55. The first-order valence-corrected chi connectivity index (χ1v) is 11.4. The number of guanidine groups is 1. The van der Waals surface area contributed by atoms with E-state index in [1.165, 1.54) is 0 Å². The van der Waals surface area contributed by atoms with E-state index >= 15 is 0 Å². The first-order chi connectivity index (χ1) is 13.5. The highest BCUT2D eigenvalue weighted by Gasteiger charge is 2.28. The lowest BCUT2D eigenvalue weighted by Crippen LogP contribution is -2.44. The van der Waals surface area contributed by atoms with Crippen LogP contribution in [-0.4, -0.2) is 38.5 Å². The highest BCUT2D eigenvalue weighted by molar-refractivity contribution is 7.91. The molecule has 0 amide bonds. The lowest BCUT2D eigenvalue weighted by atomic mass is 10.2. The van der Waals surface area contributed by atoms with Gasteiger partial charge in [-0.3, -0.25) is 0 Å². The van der Waals surface area contributed by atoms with Crippen molar-refractivity contribution in [3.05, 3.63) is 65.7 Å². The normalized spacial score (nSPS) is 18.6. The standard InChI is InChI=1S/C21H27N3O3S/c1-2-22-21(24-19-12-13-28(25,26)16-19)23-14-17-8-10-20(11-9-17)27-15-18-6-4-3-5-7-18/h3-11,19H,2,12-16H2,1H3,(H2,22,23,24). The molecule has 3 rings (SSSR count). The second-order valence-corrected chi connectivity index (χ2v) is 9.09. The van der Waals surface area contributed by atoms with Crippen LogP contribution in [0, 0.1) is 0 Å². The summed E-state index contributed by atoms with van der Waals surface area (Å²) in [6.45, 7) is 3.75. The number of nitrogens with one attached hydrogen (secondary N) is 2. The van der Waals surface area contributed by atoms with Gasteiger partial charge in [0.15, 0.2) is 15.8 Å². The fourth-order valence-corrected chi connectivity index (χ4v) is 4.70. The van der Waals surface area contributed by atoms with Crippen LogP contribution in [0.2, 0.25) is 0 Å². The number of sulfone groups is 1. The van der Waals surface area contributed by atoms with Crippen LogP contribution in [0.5, 0.6) is 5.75 Å². The molecule has 1 aliphatic rings. The summed E-state index contributed by atoms with van der Waals surface area (Å²) in [7, 11) is -2.91. The molecule has 0 radical (unpaired) electrons. The Labute approximate surface area is 167 Å². The van der Waals surface area contributed by atoms with Crippen molar-refractivity contribution < 1.29 is 13.2 Å². The molecule has 0 saturated carbocycles. The fraction of sp³-hybridized carbons (Fsp3) is 0.381. The van der Waals surface area contributed by atoms with Crippen LogP contribution in [0.15, 0.2) is 59.6 Å². The van der Waals surface area contributed by atoms with Gasteiger partial charge in [-0.05, 0) is 36.6 Å². The van der Waals surface area contributed by atoms with Gasteiger partial charge in [-0.1, -0.05) is 42.5 Å². The Morgan fingerprint density at radius 2 is 1.86 bits per heavy atom. The van der Waals surface area contributed by atoms with Crippen LogP contribution >= 0.6 is 0 Å². The summed E-state index contributed by atoms with van der Waals surface area (Å²) < 4.78 is 29.0. The highest BCUT2D eigenvalue weighted by atomic mass is 32.2. The fourth-order valence-electron chi connectivity index (χ4n) is 3.02. The van der Waals surface area contributed by atoms with E-state index in [0.717, 1.165) is 23.4 Å². The molecule has 0 aliphatic carbocycles. The van der Waals surface area contributed by atoms with E-state index in [-0.39, 0.29) is 17.5 Å². The quantitative estimate of drug-likeness (QED) is 0.550. The number of nitrogens with zero attached hydrogens (tertiary/aromatic N) is 1. The molecular weight excluding hydrogens is 374 g/mol. The second kappa shape index (κ2) is 9.59. The smallest absolute Gasteiger partial charge is 0.191 e. The van der Waals surface area contributed by atoms with E-state index < -0.39 is 9.84 Å². The summed E-state index contributed by atoms with van der Waals surface area (Å²) in [5.74, 6) is 1.88. The van der Waals surface area contributed by atoms with Gasteiger partial charge in [-0.25, -0.2) is 13.4 Å². The number of hydrogen-bond donors (Lipinski definition) is 2. The van der Waals surface area contributed by atoms with Gasteiger partial charge in [-0.2, -0.15) is 0 Å². The SMILES string of the molecule is CCNC(=NCc1ccc(OCc2ccccc2)cc1)NC1CCS(=O)(=O)C1. The Balaban J connectivity index is 1.53. The van der Waals surface area contributed by atoms with Crippen LogP contribution in [0.1, 0.15) is 24.5 Å². The lowest BCUT2D eigenvalue weighted by molar-refractivity contribution is 0.306. The predicted molar refractivity (Wildman–Crippen MR) is 112 cm³/mol. The Bertz CT molecular complexity index is 881. The van der Waals surface area contributed by atoms with Crippen LogP contribution in [0.3, 0.4) is 0 Å². The molecule has 1 heterocycles. The van der Waals surface area contributed by atoms with Gasteiger partial charge >= 0.3 is 0 Å². The lowest BCUT2D eigenvalue weighted by Gasteiger charge is -2.15. The van der Waals surface area contributed by atoms with Gasteiger partial charge in [0, 0.05) is 12.6 Å². The van der Waals surface area contributed by atoms with Gasteiger partial charge in [0.05, 0.1) is 18.1 Å². The number of ether oxygens (including phenoxy) is 1. The predicted octanol–water partition coefficient (Wildman–Crippen LogP) is 2.51. The van der Waals surface area contributed by atoms with E-state index in [1.807, 2.05) is 61.5 Å². The molecule has 1 saturated heterocycles. The molecule has 1 aliphatic heterocycles. The number of aliphatic imine (C=N–C) groups is 1. The summed E-state index contributed by atoms with van der Waals surface area (Å²) in [4.78, 5) is 4.58. The molecule has 6 nitrogen and oxygen atoms in total. The number of rotatable bonds is 7. The molecule has 0 spiro atoms. The summed E-state index contributed by atoms with van der Waals surface area (Å²) in [6, 6.07) is 17.9. The minimum Gasteiger partial charge on any atom is -0.489 e. The van der Waals surface area contributed by atoms with E-state index in [1.54, 1.807) is 0 Å². The Morgan fingerprint density at radius 3 is 2.50 bits per heavy atom. The molecule has 150 valence electrons. The Morgan fingerprint density at radius 1 is 1.11 bits per heavy atom. The summed E-state index contributed by atoms with van der Waals surface area (Å²) in [6.07, 6.45) is 0.625. The van der Waals surface area contributed by atoms with Crippen molar-refractivity contribution in [1.29, 1.82) is 0 Å². The molecule has 28 heavy (non-hydrogen) atoms. The van der Waals surface area contributed by atoms with Crippen LogP contribution in [-0.2, 0) is 23.0 Å². The van der Waals surface area contributed by atoms with Crippen LogP contribution in [0.4, 0.5) is 0 Å². The Hall–Kier alpha value is -2.54. The molecule has 1 fully saturated rings. The Kier molecular flexibility index (Phi) is 6.92. The van der Waals surface area contributed by atoms with Gasteiger partial charge in [-0.15, -0.1) is 0 Å². The van der Waals surface area contributed by atoms with Gasteiger partial charge in [0.2, 0.25) is 0 Å². The molecule has 0 bridgehead atoms. The van der Waals surface area contributed by atoms with Gasteiger partial charge < -0.3 is 15.4 Å². The molecule has 1 unspecified atom stereocenters. The van der Waals surface area contributed by atoms with Crippen molar-refractivity contribution in [1.82, 2.24) is 10.6 Å². The van der Waals surface area contributed by atoms with E-state index in [2.05, 4.69) is 15.6 Å². The topological polar surface area (TPSA) is 79.8 Å². The van der Waals surface area contributed by atoms with Crippen LogP contribution < -0.4 is 15.4 Å². The monoisotopic (exact) mass is 401 g/mol. The zero-order valence-electron chi connectivity index (χ0n) is 16.1.